The van der Waals surface area contributed by atoms with Gasteiger partial charge in [-0.3, -0.25) is 0 Å². The van der Waals surface area contributed by atoms with Gasteiger partial charge in [-0.25, -0.2) is 19.0 Å². The summed E-state index contributed by atoms with van der Waals surface area (Å²) in [6.45, 7) is -0.708. The maximum Gasteiger partial charge on any atom is 0.348 e. The van der Waals surface area contributed by atoms with E-state index < -0.39 is 55.2 Å². The summed E-state index contributed by atoms with van der Waals surface area (Å²) >= 11 is 5.85. The molecular formula is C21H20ClFN4O7. The molecule has 3 heterocycles. The average molecular weight is 495 g/mol. The predicted octanol–water partition coefficient (Wildman–Crippen LogP) is 1.43. The van der Waals surface area contributed by atoms with E-state index in [0.717, 1.165) is 0 Å². The molecule has 11 nitrogen and oxygen atoms in total. The van der Waals surface area contributed by atoms with Crippen molar-refractivity contribution in [3.05, 3.63) is 53.4 Å². The summed E-state index contributed by atoms with van der Waals surface area (Å²) in [7, 11) is 0. The lowest BCUT2D eigenvalue weighted by atomic mass is 9.94. The van der Waals surface area contributed by atoms with Crippen molar-refractivity contribution in [3.8, 4) is 0 Å². The number of halogens is 2. The van der Waals surface area contributed by atoms with Crippen LogP contribution < -0.4 is 5.73 Å². The highest BCUT2D eigenvalue weighted by Crippen LogP contribution is 2.36. The number of aromatic nitrogens is 3. The second kappa shape index (κ2) is 9.14. The van der Waals surface area contributed by atoms with Gasteiger partial charge in [0, 0.05) is 12.6 Å². The van der Waals surface area contributed by atoms with Crippen molar-refractivity contribution in [1.82, 2.24) is 14.5 Å². The zero-order chi connectivity index (χ0) is 24.6. The third kappa shape index (κ3) is 4.16. The zero-order valence-corrected chi connectivity index (χ0v) is 18.2. The number of aliphatic carboxylic acids is 2. The Hall–Kier alpha value is -3.32. The minimum absolute atomic E-state index is 0.0659. The summed E-state index contributed by atoms with van der Waals surface area (Å²) in [6.07, 6.45) is -5.55. The quantitative estimate of drug-likeness (QED) is 0.265. The fourth-order valence-electron chi connectivity index (χ4n) is 3.82. The maximum absolute atomic E-state index is 15.0. The summed E-state index contributed by atoms with van der Waals surface area (Å²) in [5.74, 6) is -3.43. The van der Waals surface area contributed by atoms with Crippen LogP contribution in [0.25, 0.3) is 11.0 Å². The molecule has 0 bridgehead atoms. The van der Waals surface area contributed by atoms with Crippen molar-refractivity contribution in [3.63, 3.8) is 0 Å². The Labute approximate surface area is 196 Å². The number of aliphatic hydroxyl groups excluding tert-OH is 1. The molecule has 1 aromatic carbocycles. The van der Waals surface area contributed by atoms with Crippen molar-refractivity contribution in [2.24, 2.45) is 0 Å². The third-order valence-electron chi connectivity index (χ3n) is 5.62. The van der Waals surface area contributed by atoms with E-state index in [2.05, 4.69) is 9.97 Å². The SMILES string of the molecule is Nc1nc(Cl)nc2c1ccn2[C@@H]1O[C@H](COC(Cc2ccccc2)(C(=O)O)C(=O)O)[C@@H](O)[C@@H]1F. The number of ether oxygens (including phenoxy) is 2. The van der Waals surface area contributed by atoms with Gasteiger partial charge in [0.05, 0.1) is 12.0 Å². The van der Waals surface area contributed by atoms with Crippen molar-refractivity contribution in [2.45, 2.75) is 36.6 Å². The van der Waals surface area contributed by atoms with Gasteiger partial charge in [-0.2, -0.15) is 4.98 Å². The van der Waals surface area contributed by atoms with E-state index >= 15 is 4.39 Å². The number of hydrogen-bond donors (Lipinski definition) is 4. The molecule has 2 aromatic heterocycles. The smallest absolute Gasteiger partial charge is 0.348 e. The molecule has 1 saturated heterocycles. The predicted molar refractivity (Wildman–Crippen MR) is 116 cm³/mol. The van der Waals surface area contributed by atoms with Crippen LogP contribution in [0.2, 0.25) is 5.28 Å². The third-order valence-corrected chi connectivity index (χ3v) is 5.79. The Morgan fingerprint density at radius 2 is 1.88 bits per heavy atom. The van der Waals surface area contributed by atoms with E-state index in [-0.39, 0.29) is 16.7 Å². The summed E-state index contributed by atoms with van der Waals surface area (Å²) in [6, 6.07) is 9.55. The second-order valence-electron chi connectivity index (χ2n) is 7.75. The molecule has 1 aliphatic heterocycles. The Bertz CT molecular complexity index is 1210. The molecule has 0 unspecified atom stereocenters. The number of fused-ring (bicyclic) bond motifs is 1. The number of anilines is 1. The molecule has 1 fully saturated rings. The average Bonchev–Trinajstić information content (AvgIpc) is 3.33. The van der Waals surface area contributed by atoms with E-state index in [4.69, 9.17) is 26.8 Å². The van der Waals surface area contributed by atoms with Crippen LogP contribution in [0, 0.1) is 0 Å². The second-order valence-corrected chi connectivity index (χ2v) is 8.09. The molecule has 1 aliphatic rings. The number of hydrogen-bond acceptors (Lipinski definition) is 8. The summed E-state index contributed by atoms with van der Waals surface area (Å²) in [5.41, 5.74) is 3.69. The molecule has 34 heavy (non-hydrogen) atoms. The van der Waals surface area contributed by atoms with Crippen LogP contribution in [-0.4, -0.2) is 72.4 Å². The van der Waals surface area contributed by atoms with Crippen LogP contribution in [-0.2, 0) is 25.5 Å². The lowest BCUT2D eigenvalue weighted by Crippen LogP contribution is -2.52. The van der Waals surface area contributed by atoms with Crippen LogP contribution in [0.3, 0.4) is 0 Å². The van der Waals surface area contributed by atoms with Crippen LogP contribution in [0.15, 0.2) is 42.6 Å². The first kappa shape index (κ1) is 23.8. The van der Waals surface area contributed by atoms with Gasteiger partial charge in [0.15, 0.2) is 12.4 Å². The van der Waals surface area contributed by atoms with Gasteiger partial charge in [-0.15, -0.1) is 0 Å². The minimum atomic E-state index is -2.68. The standard InChI is InChI=1S/C21H20ClFN4O7/c22-20-25-15(24)11-6-7-27(16(11)26-20)17-13(23)14(28)12(34-17)9-33-21(18(29)30,19(31)32)8-10-4-2-1-3-5-10/h1-7,12-14,17,28H,8-9H2,(H,29,30)(H,31,32)(H2,24,25,26)/t12-,13+,14-,17-/m1/s1. The highest BCUT2D eigenvalue weighted by molar-refractivity contribution is 6.28. The zero-order valence-electron chi connectivity index (χ0n) is 17.4. The lowest BCUT2D eigenvalue weighted by molar-refractivity contribution is -0.189. The highest BCUT2D eigenvalue weighted by atomic mass is 35.5. The molecule has 0 aliphatic carbocycles. The number of carbonyl (C=O) groups is 2. The monoisotopic (exact) mass is 494 g/mol. The first-order chi connectivity index (χ1) is 16.1. The van der Waals surface area contributed by atoms with Crippen molar-refractivity contribution < 1.29 is 38.8 Å². The molecule has 5 N–H and O–H groups in total. The molecule has 3 aromatic rings. The Kier molecular flexibility index (Phi) is 6.41. The number of carboxylic acids is 2. The van der Waals surface area contributed by atoms with Gasteiger partial charge in [-0.05, 0) is 23.2 Å². The normalized spacial score (nSPS) is 22.8. The van der Waals surface area contributed by atoms with Crippen molar-refractivity contribution in [1.29, 1.82) is 0 Å². The van der Waals surface area contributed by atoms with Crippen LogP contribution >= 0.6 is 11.6 Å². The van der Waals surface area contributed by atoms with E-state index in [1.807, 2.05) is 0 Å². The van der Waals surface area contributed by atoms with E-state index in [9.17, 15) is 24.9 Å². The highest BCUT2D eigenvalue weighted by Gasteiger charge is 2.51. The van der Waals surface area contributed by atoms with Gasteiger partial charge in [0.1, 0.15) is 23.7 Å². The molecule has 4 atom stereocenters. The fraction of sp³-hybridized carbons (Fsp3) is 0.333. The number of benzene rings is 1. The molecule has 180 valence electrons. The van der Waals surface area contributed by atoms with Crippen LogP contribution in [0.5, 0.6) is 0 Å². The number of aliphatic hydroxyl groups is 1. The lowest BCUT2D eigenvalue weighted by Gasteiger charge is -2.27. The Morgan fingerprint density at radius 1 is 1.21 bits per heavy atom. The Balaban J connectivity index is 1.57. The van der Waals surface area contributed by atoms with Crippen LogP contribution in [0.1, 0.15) is 11.8 Å². The van der Waals surface area contributed by atoms with E-state index in [1.165, 1.54) is 16.8 Å². The van der Waals surface area contributed by atoms with Gasteiger partial charge < -0.3 is 35.1 Å². The number of rotatable bonds is 8. The number of nitrogens with zero attached hydrogens (tertiary/aromatic N) is 3. The number of nitrogens with two attached hydrogens (primary N) is 1. The summed E-state index contributed by atoms with van der Waals surface area (Å²) in [4.78, 5) is 31.8. The van der Waals surface area contributed by atoms with E-state index in [1.54, 1.807) is 30.3 Å². The Morgan fingerprint density at radius 3 is 2.53 bits per heavy atom. The van der Waals surface area contributed by atoms with E-state index in [0.29, 0.717) is 10.9 Å². The number of alkyl halides is 1. The van der Waals surface area contributed by atoms with Gasteiger partial charge >= 0.3 is 11.9 Å². The first-order valence-electron chi connectivity index (χ1n) is 10.1. The van der Waals surface area contributed by atoms with Gasteiger partial charge in [0.2, 0.25) is 5.28 Å². The molecule has 0 radical (unpaired) electrons. The number of carboxylic acid groups (broad SMARTS) is 2. The maximum atomic E-state index is 15.0. The fourth-order valence-corrected chi connectivity index (χ4v) is 4.00. The van der Waals surface area contributed by atoms with Gasteiger partial charge in [-0.1, -0.05) is 30.3 Å². The van der Waals surface area contributed by atoms with Crippen LogP contribution in [0.4, 0.5) is 10.2 Å². The molecular weight excluding hydrogens is 475 g/mol. The molecule has 0 amide bonds. The molecule has 0 saturated carbocycles. The molecule has 4 rings (SSSR count). The van der Waals surface area contributed by atoms with Gasteiger partial charge in [0.25, 0.3) is 5.60 Å². The summed E-state index contributed by atoms with van der Waals surface area (Å²) in [5, 5.41) is 30.0. The largest absolute Gasteiger partial charge is 0.479 e. The molecule has 0 spiro atoms. The number of nitrogen functional groups attached to an aromatic ring is 1. The first-order valence-corrected chi connectivity index (χ1v) is 10.4. The van der Waals surface area contributed by atoms with Crippen molar-refractivity contribution in [2.75, 3.05) is 12.3 Å². The topological polar surface area (TPSA) is 170 Å². The molecule has 13 heteroatoms. The minimum Gasteiger partial charge on any atom is -0.479 e. The summed E-state index contributed by atoms with van der Waals surface area (Å²) < 4.78 is 27.2. The van der Waals surface area contributed by atoms with Crippen molar-refractivity contribution >= 4 is 40.4 Å².